The van der Waals surface area contributed by atoms with Crippen molar-refractivity contribution < 1.29 is 23.2 Å². The van der Waals surface area contributed by atoms with Gasteiger partial charge in [-0.15, -0.1) is 0 Å². The van der Waals surface area contributed by atoms with Crippen LogP contribution in [-0.2, 0) is 15.6 Å². The standard InChI is InChI=1S/C29H25N4O5P/c1-19(2)36-27-13-11-20(15-22(27)16-30)29-31-28(32-37-29)26-12-10-21(24-8-3-4-9-25(24)26)17-33-14-6-5-7-23(18-33)38-39(34)35/h3-15,18-19,39H,17H2,1-2H3,(H,34,35). The first kappa shape index (κ1) is 26.0. The number of fused-ring (bicyclic) bond motifs is 1. The van der Waals surface area contributed by atoms with E-state index in [9.17, 15) is 9.83 Å². The molecule has 0 spiro atoms. The normalized spacial score (nSPS) is 13.7. The van der Waals surface area contributed by atoms with Gasteiger partial charge in [-0.25, -0.2) is 4.57 Å². The van der Waals surface area contributed by atoms with E-state index in [0.717, 1.165) is 21.9 Å². The number of hydrogen-bond donors (Lipinski definition) is 1. The average Bonchev–Trinajstić information content (AvgIpc) is 3.30. The molecule has 1 aromatic heterocycles. The molecule has 0 amide bonds. The van der Waals surface area contributed by atoms with Crippen molar-refractivity contribution in [1.82, 2.24) is 15.0 Å². The second-order valence-corrected chi connectivity index (χ2v) is 9.74. The zero-order valence-electron chi connectivity index (χ0n) is 21.2. The zero-order valence-corrected chi connectivity index (χ0v) is 22.2. The fourth-order valence-corrected chi connectivity index (χ4v) is 4.59. The van der Waals surface area contributed by atoms with Gasteiger partial charge in [-0.2, -0.15) is 10.2 Å². The molecule has 0 aliphatic carbocycles. The summed E-state index contributed by atoms with van der Waals surface area (Å²) in [6.45, 7) is 4.30. The Morgan fingerprint density at radius 1 is 1.13 bits per heavy atom. The SMILES string of the molecule is CC(C)Oc1ccc(-c2nc(-c3ccc(CN4C=CC=CC(O[PH](=O)O)=C4)c4ccccc34)no2)cc1C#N. The summed E-state index contributed by atoms with van der Waals surface area (Å²) >= 11 is 0. The van der Waals surface area contributed by atoms with Crippen LogP contribution in [0.4, 0.5) is 0 Å². The molecule has 9 nitrogen and oxygen atoms in total. The summed E-state index contributed by atoms with van der Waals surface area (Å²) in [5.74, 6) is 1.53. The number of hydrogen-bond acceptors (Lipinski definition) is 8. The van der Waals surface area contributed by atoms with Crippen molar-refractivity contribution in [3.8, 4) is 34.7 Å². The second-order valence-electron chi connectivity index (χ2n) is 9.00. The van der Waals surface area contributed by atoms with Crippen molar-refractivity contribution in [3.05, 3.63) is 102 Å². The van der Waals surface area contributed by atoms with E-state index in [1.165, 1.54) is 0 Å². The molecule has 0 radical (unpaired) electrons. The molecule has 5 rings (SSSR count). The molecule has 2 heterocycles. The van der Waals surface area contributed by atoms with E-state index in [0.29, 0.717) is 40.9 Å². The Hall–Kier alpha value is -4.64. The molecule has 0 saturated carbocycles. The largest absolute Gasteiger partial charge is 0.490 e. The van der Waals surface area contributed by atoms with Gasteiger partial charge in [-0.3, -0.25) is 0 Å². The number of benzene rings is 3. The van der Waals surface area contributed by atoms with Crippen molar-refractivity contribution in [2.45, 2.75) is 26.5 Å². The second kappa shape index (κ2) is 11.4. The van der Waals surface area contributed by atoms with Crippen LogP contribution in [0.2, 0.25) is 0 Å². The van der Waals surface area contributed by atoms with Crippen LogP contribution in [0.15, 0.2) is 95.5 Å². The molecule has 1 atom stereocenters. The van der Waals surface area contributed by atoms with Gasteiger partial charge in [0, 0.05) is 30.1 Å². The first-order chi connectivity index (χ1) is 18.9. The summed E-state index contributed by atoms with van der Waals surface area (Å²) < 4.78 is 27.5. The quantitative estimate of drug-likeness (QED) is 0.255. The maximum absolute atomic E-state index is 11.2. The van der Waals surface area contributed by atoms with Gasteiger partial charge in [0.2, 0.25) is 5.82 Å². The zero-order chi connectivity index (χ0) is 27.4. The monoisotopic (exact) mass is 540 g/mol. The highest BCUT2D eigenvalue weighted by Gasteiger charge is 2.17. The third-order valence-corrected chi connectivity index (χ3v) is 6.30. The van der Waals surface area contributed by atoms with Gasteiger partial charge in [0.15, 0.2) is 0 Å². The van der Waals surface area contributed by atoms with Crippen molar-refractivity contribution in [3.63, 3.8) is 0 Å². The predicted molar refractivity (Wildman–Crippen MR) is 147 cm³/mol. The summed E-state index contributed by atoms with van der Waals surface area (Å²) in [6, 6.07) is 19.2. The third-order valence-electron chi connectivity index (χ3n) is 5.89. The number of nitrogens with zero attached hydrogens (tertiary/aromatic N) is 4. The minimum atomic E-state index is -3.11. The Kier molecular flexibility index (Phi) is 7.60. The predicted octanol–water partition coefficient (Wildman–Crippen LogP) is 6.34. The minimum Gasteiger partial charge on any atom is -0.490 e. The Bertz CT molecular complexity index is 1680. The molecule has 196 valence electrons. The van der Waals surface area contributed by atoms with E-state index < -0.39 is 8.25 Å². The van der Waals surface area contributed by atoms with Crippen LogP contribution in [-0.4, -0.2) is 26.0 Å². The highest BCUT2D eigenvalue weighted by Crippen LogP contribution is 2.33. The van der Waals surface area contributed by atoms with Gasteiger partial charge in [-0.05, 0) is 60.5 Å². The molecule has 3 aromatic carbocycles. The van der Waals surface area contributed by atoms with E-state index in [4.69, 9.17) is 18.7 Å². The molecule has 4 aromatic rings. The lowest BCUT2D eigenvalue weighted by atomic mass is 9.99. The molecule has 0 saturated heterocycles. The van der Waals surface area contributed by atoms with Crippen molar-refractivity contribution in [2.24, 2.45) is 0 Å². The van der Waals surface area contributed by atoms with Gasteiger partial charge in [0.1, 0.15) is 17.6 Å². The molecule has 1 unspecified atom stereocenters. The summed E-state index contributed by atoms with van der Waals surface area (Å²) in [7, 11) is -3.11. The van der Waals surface area contributed by atoms with E-state index in [1.54, 1.807) is 36.6 Å². The van der Waals surface area contributed by atoms with Crippen LogP contribution in [0, 0.1) is 11.3 Å². The lowest BCUT2D eigenvalue weighted by molar-refractivity contribution is 0.241. The van der Waals surface area contributed by atoms with Crippen LogP contribution in [0.1, 0.15) is 25.0 Å². The summed E-state index contributed by atoms with van der Waals surface area (Å²) in [5.41, 5.74) is 2.84. The maximum atomic E-state index is 11.2. The summed E-state index contributed by atoms with van der Waals surface area (Å²) in [5, 5.41) is 15.7. The van der Waals surface area contributed by atoms with Gasteiger partial charge in [-0.1, -0.05) is 47.6 Å². The fraction of sp³-hybridized carbons (Fsp3) is 0.138. The van der Waals surface area contributed by atoms with E-state index in [1.807, 2.05) is 67.4 Å². The Labute approximate surface area is 225 Å². The number of aromatic nitrogens is 2. The summed E-state index contributed by atoms with van der Waals surface area (Å²) in [4.78, 5) is 15.7. The molecule has 10 heteroatoms. The van der Waals surface area contributed by atoms with Gasteiger partial charge in [0.05, 0.1) is 11.7 Å². The van der Waals surface area contributed by atoms with E-state index >= 15 is 0 Å². The lowest BCUT2D eigenvalue weighted by Gasteiger charge is -2.18. The van der Waals surface area contributed by atoms with Crippen LogP contribution < -0.4 is 4.74 Å². The number of rotatable bonds is 8. The summed E-state index contributed by atoms with van der Waals surface area (Å²) in [6.07, 6.45) is 8.70. The van der Waals surface area contributed by atoms with Gasteiger partial charge in [0.25, 0.3) is 5.89 Å². The average molecular weight is 541 g/mol. The fourth-order valence-electron chi connectivity index (χ4n) is 4.27. The molecule has 1 aliphatic rings. The Morgan fingerprint density at radius 3 is 2.72 bits per heavy atom. The molecule has 1 N–H and O–H groups in total. The number of allylic oxidation sites excluding steroid dienone is 3. The number of ether oxygens (including phenoxy) is 1. The topological polar surface area (TPSA) is 122 Å². The van der Waals surface area contributed by atoms with Crippen molar-refractivity contribution in [2.75, 3.05) is 0 Å². The first-order valence-electron chi connectivity index (χ1n) is 12.2. The van der Waals surface area contributed by atoms with Gasteiger partial charge >= 0.3 is 8.25 Å². The molecular weight excluding hydrogens is 515 g/mol. The molecule has 1 aliphatic heterocycles. The van der Waals surface area contributed by atoms with Crippen LogP contribution in [0.3, 0.4) is 0 Å². The van der Waals surface area contributed by atoms with Crippen LogP contribution >= 0.6 is 8.25 Å². The minimum absolute atomic E-state index is 0.0559. The highest BCUT2D eigenvalue weighted by atomic mass is 31.1. The highest BCUT2D eigenvalue weighted by molar-refractivity contribution is 7.32. The van der Waals surface area contributed by atoms with E-state index in [2.05, 4.69) is 16.2 Å². The molecule has 0 fully saturated rings. The smallest absolute Gasteiger partial charge is 0.365 e. The molecule has 39 heavy (non-hydrogen) atoms. The third kappa shape index (κ3) is 5.93. The van der Waals surface area contributed by atoms with Crippen LogP contribution in [0.25, 0.3) is 33.6 Å². The Balaban J connectivity index is 1.46. The van der Waals surface area contributed by atoms with Gasteiger partial charge < -0.3 is 23.6 Å². The molecule has 0 bridgehead atoms. The number of nitriles is 1. The van der Waals surface area contributed by atoms with E-state index in [-0.39, 0.29) is 6.10 Å². The van der Waals surface area contributed by atoms with Crippen molar-refractivity contribution >= 4 is 19.0 Å². The lowest BCUT2D eigenvalue weighted by Crippen LogP contribution is -2.10. The van der Waals surface area contributed by atoms with Crippen molar-refractivity contribution in [1.29, 1.82) is 5.26 Å². The van der Waals surface area contributed by atoms with Crippen LogP contribution in [0.5, 0.6) is 5.75 Å². The maximum Gasteiger partial charge on any atom is 0.365 e. The first-order valence-corrected chi connectivity index (χ1v) is 13.5. The Morgan fingerprint density at radius 2 is 1.95 bits per heavy atom. The molecular formula is C29H25N4O5P.